The first kappa shape index (κ1) is 21.3. The monoisotopic (exact) mass is 420 g/mol. The molecule has 8 nitrogen and oxygen atoms in total. The van der Waals surface area contributed by atoms with Crippen LogP contribution in [0.4, 0.5) is 0 Å². The van der Waals surface area contributed by atoms with Gasteiger partial charge in [-0.15, -0.1) is 0 Å². The Kier molecular flexibility index (Phi) is 6.59. The van der Waals surface area contributed by atoms with Crippen LogP contribution in [0.2, 0.25) is 0 Å². The van der Waals surface area contributed by atoms with E-state index in [1.807, 2.05) is 17.7 Å². The summed E-state index contributed by atoms with van der Waals surface area (Å²) < 4.78 is 33.5. The predicted octanol–water partition coefficient (Wildman–Crippen LogP) is 1.77. The summed E-state index contributed by atoms with van der Waals surface area (Å²) in [5, 5.41) is 0. The number of rotatable bonds is 7. The van der Waals surface area contributed by atoms with Crippen molar-refractivity contribution >= 4 is 15.9 Å². The van der Waals surface area contributed by atoms with Gasteiger partial charge in [-0.2, -0.15) is 4.31 Å². The van der Waals surface area contributed by atoms with Gasteiger partial charge in [0.05, 0.1) is 13.4 Å². The SMILES string of the molecule is COc1cccc(C(=O)N2CCC(N(CCn3ccnc3C)S(C)(=O)=O)CC2)c1. The summed E-state index contributed by atoms with van der Waals surface area (Å²) in [6.45, 7) is 3.90. The molecule has 0 saturated carbocycles. The van der Waals surface area contributed by atoms with Crippen LogP contribution in [-0.2, 0) is 16.6 Å². The zero-order valence-electron chi connectivity index (χ0n) is 17.1. The van der Waals surface area contributed by atoms with Gasteiger partial charge in [0.1, 0.15) is 11.6 Å². The van der Waals surface area contributed by atoms with E-state index in [2.05, 4.69) is 4.98 Å². The number of sulfonamides is 1. The molecule has 9 heteroatoms. The fourth-order valence-electron chi connectivity index (χ4n) is 3.76. The number of aryl methyl sites for hydroxylation is 1. The Bertz CT molecular complexity index is 949. The van der Waals surface area contributed by atoms with Crippen LogP contribution in [0.5, 0.6) is 5.75 Å². The van der Waals surface area contributed by atoms with Crippen LogP contribution in [0, 0.1) is 6.92 Å². The molecule has 2 aromatic rings. The van der Waals surface area contributed by atoms with Crippen molar-refractivity contribution in [3.63, 3.8) is 0 Å². The second kappa shape index (κ2) is 8.96. The first-order valence-corrected chi connectivity index (χ1v) is 11.5. The van der Waals surface area contributed by atoms with Crippen LogP contribution < -0.4 is 4.74 Å². The Balaban J connectivity index is 1.63. The minimum Gasteiger partial charge on any atom is -0.497 e. The quantitative estimate of drug-likeness (QED) is 0.682. The van der Waals surface area contributed by atoms with Crippen molar-refractivity contribution in [1.29, 1.82) is 0 Å². The van der Waals surface area contributed by atoms with Gasteiger partial charge in [0.2, 0.25) is 10.0 Å². The van der Waals surface area contributed by atoms with Gasteiger partial charge in [-0.05, 0) is 38.0 Å². The Morgan fingerprint density at radius 3 is 2.62 bits per heavy atom. The van der Waals surface area contributed by atoms with E-state index >= 15 is 0 Å². The fourth-order valence-corrected chi connectivity index (χ4v) is 4.93. The highest BCUT2D eigenvalue weighted by atomic mass is 32.2. The Hall–Kier alpha value is -2.39. The number of carbonyl (C=O) groups is 1. The molecule has 158 valence electrons. The zero-order valence-corrected chi connectivity index (χ0v) is 17.9. The number of benzene rings is 1. The number of carbonyl (C=O) groups excluding carboxylic acids is 1. The molecular weight excluding hydrogens is 392 g/mol. The molecule has 0 spiro atoms. The highest BCUT2D eigenvalue weighted by Gasteiger charge is 2.31. The standard InChI is InChI=1S/C20H28N4O4S/c1-16-21-9-12-22(16)13-14-24(29(3,26)27)18-7-10-23(11-8-18)20(25)17-5-4-6-19(15-17)28-2/h4-6,9,12,15,18H,7-8,10-11,13-14H2,1-3H3. The van der Waals surface area contributed by atoms with E-state index in [4.69, 9.17) is 4.74 Å². The summed E-state index contributed by atoms with van der Waals surface area (Å²) in [7, 11) is -1.78. The maximum atomic E-state index is 12.8. The number of imidazole rings is 1. The number of ether oxygens (including phenoxy) is 1. The lowest BCUT2D eigenvalue weighted by Gasteiger charge is -2.37. The third kappa shape index (κ3) is 5.16. The first-order chi connectivity index (χ1) is 13.8. The van der Waals surface area contributed by atoms with Crippen molar-refractivity contribution < 1.29 is 17.9 Å². The van der Waals surface area contributed by atoms with Crippen molar-refractivity contribution in [3.8, 4) is 5.75 Å². The van der Waals surface area contributed by atoms with Crippen LogP contribution >= 0.6 is 0 Å². The molecule has 0 radical (unpaired) electrons. The number of amides is 1. The van der Waals surface area contributed by atoms with Gasteiger partial charge in [-0.1, -0.05) is 6.07 Å². The Labute approximate surface area is 172 Å². The van der Waals surface area contributed by atoms with Crippen molar-refractivity contribution in [2.24, 2.45) is 0 Å². The maximum Gasteiger partial charge on any atom is 0.253 e. The second-order valence-electron chi connectivity index (χ2n) is 7.30. The van der Waals surface area contributed by atoms with Crippen LogP contribution in [0.1, 0.15) is 29.0 Å². The minimum absolute atomic E-state index is 0.0534. The molecule has 0 N–H and O–H groups in total. The lowest BCUT2D eigenvalue weighted by Crippen LogP contribution is -2.49. The molecule has 0 atom stereocenters. The Morgan fingerprint density at radius 2 is 2.03 bits per heavy atom. The van der Waals surface area contributed by atoms with Crippen molar-refractivity contribution in [1.82, 2.24) is 18.8 Å². The molecular formula is C20H28N4O4S. The largest absolute Gasteiger partial charge is 0.497 e. The van der Waals surface area contributed by atoms with Gasteiger partial charge >= 0.3 is 0 Å². The molecule has 1 aliphatic heterocycles. The van der Waals surface area contributed by atoms with Crippen LogP contribution in [0.25, 0.3) is 0 Å². The maximum absolute atomic E-state index is 12.8. The van der Waals surface area contributed by atoms with Gasteiger partial charge in [0, 0.05) is 50.2 Å². The molecule has 0 unspecified atom stereocenters. The van der Waals surface area contributed by atoms with Gasteiger partial charge in [0.15, 0.2) is 0 Å². The summed E-state index contributed by atoms with van der Waals surface area (Å²) >= 11 is 0. The average Bonchev–Trinajstić information content (AvgIpc) is 3.12. The molecule has 1 fully saturated rings. The summed E-state index contributed by atoms with van der Waals surface area (Å²) in [4.78, 5) is 18.8. The summed E-state index contributed by atoms with van der Waals surface area (Å²) in [6, 6.07) is 6.98. The van der Waals surface area contributed by atoms with E-state index in [1.165, 1.54) is 6.26 Å². The summed E-state index contributed by atoms with van der Waals surface area (Å²) in [5.74, 6) is 1.45. The second-order valence-corrected chi connectivity index (χ2v) is 9.23. The topological polar surface area (TPSA) is 84.7 Å². The smallest absolute Gasteiger partial charge is 0.253 e. The molecule has 1 aliphatic rings. The van der Waals surface area contributed by atoms with Crippen molar-refractivity contribution in [2.75, 3.05) is 33.0 Å². The number of hydrogen-bond donors (Lipinski definition) is 0. The number of aromatic nitrogens is 2. The lowest BCUT2D eigenvalue weighted by molar-refractivity contribution is 0.0677. The molecule has 29 heavy (non-hydrogen) atoms. The van der Waals surface area contributed by atoms with E-state index in [9.17, 15) is 13.2 Å². The third-order valence-electron chi connectivity index (χ3n) is 5.39. The Morgan fingerprint density at radius 1 is 1.31 bits per heavy atom. The number of nitrogens with zero attached hydrogens (tertiary/aromatic N) is 4. The fraction of sp³-hybridized carbons (Fsp3) is 0.500. The number of likely N-dealkylation sites (tertiary alicyclic amines) is 1. The van der Waals surface area contributed by atoms with Gasteiger partial charge in [0.25, 0.3) is 5.91 Å². The number of hydrogen-bond acceptors (Lipinski definition) is 5. The van der Waals surface area contributed by atoms with Gasteiger partial charge in [-0.3, -0.25) is 4.79 Å². The zero-order chi connectivity index (χ0) is 21.0. The highest BCUT2D eigenvalue weighted by Crippen LogP contribution is 2.22. The molecule has 2 heterocycles. The third-order valence-corrected chi connectivity index (χ3v) is 6.72. The van der Waals surface area contributed by atoms with Crippen molar-refractivity contribution in [3.05, 3.63) is 48.0 Å². The molecule has 0 aliphatic carbocycles. The normalized spacial score (nSPS) is 15.7. The van der Waals surface area contributed by atoms with Gasteiger partial charge in [-0.25, -0.2) is 13.4 Å². The van der Waals surface area contributed by atoms with E-state index in [1.54, 1.807) is 46.8 Å². The van der Waals surface area contributed by atoms with E-state index < -0.39 is 10.0 Å². The van der Waals surface area contributed by atoms with Crippen molar-refractivity contribution in [2.45, 2.75) is 32.4 Å². The summed E-state index contributed by atoms with van der Waals surface area (Å²) in [6.07, 6.45) is 6.05. The summed E-state index contributed by atoms with van der Waals surface area (Å²) in [5.41, 5.74) is 0.582. The lowest BCUT2D eigenvalue weighted by atomic mass is 10.0. The van der Waals surface area contributed by atoms with Crippen LogP contribution in [0.3, 0.4) is 0 Å². The molecule has 0 bridgehead atoms. The molecule has 1 aromatic carbocycles. The van der Waals surface area contributed by atoms with E-state index in [0.717, 1.165) is 5.82 Å². The van der Waals surface area contributed by atoms with E-state index in [-0.39, 0.29) is 11.9 Å². The van der Waals surface area contributed by atoms with Crippen LogP contribution in [-0.4, -0.2) is 72.1 Å². The molecule has 1 amide bonds. The van der Waals surface area contributed by atoms with Gasteiger partial charge < -0.3 is 14.2 Å². The molecule has 3 rings (SSSR count). The highest BCUT2D eigenvalue weighted by molar-refractivity contribution is 7.88. The number of piperidine rings is 1. The van der Waals surface area contributed by atoms with E-state index in [0.29, 0.717) is 50.3 Å². The predicted molar refractivity (Wildman–Crippen MR) is 110 cm³/mol. The minimum atomic E-state index is -3.35. The molecule has 1 aromatic heterocycles. The van der Waals surface area contributed by atoms with Crippen LogP contribution in [0.15, 0.2) is 36.7 Å². The average molecular weight is 421 g/mol. The number of methoxy groups -OCH3 is 1. The first-order valence-electron chi connectivity index (χ1n) is 9.67. The molecule has 1 saturated heterocycles.